The quantitative estimate of drug-likeness (QED) is 0.616. The second-order valence-corrected chi connectivity index (χ2v) is 4.47. The molecule has 100 valence electrons. The molecule has 0 fully saturated rings. The Kier molecular flexibility index (Phi) is 4.40. The molecule has 0 N–H and O–H groups in total. The molecule has 5 heteroatoms. The summed E-state index contributed by atoms with van der Waals surface area (Å²) in [5.41, 5.74) is 2.26. The number of aromatic nitrogens is 1. The van der Waals surface area contributed by atoms with E-state index in [4.69, 9.17) is 5.26 Å². The Morgan fingerprint density at radius 1 is 1.25 bits per heavy atom. The summed E-state index contributed by atoms with van der Waals surface area (Å²) in [6.45, 7) is 0. The van der Waals surface area contributed by atoms with Crippen molar-refractivity contribution in [2.75, 3.05) is 0 Å². The molecule has 0 unspecified atom stereocenters. The van der Waals surface area contributed by atoms with Crippen LogP contribution in [0.3, 0.4) is 0 Å². The van der Waals surface area contributed by atoms with Gasteiger partial charge in [0.15, 0.2) is 0 Å². The maximum atomic E-state index is 10.8. The summed E-state index contributed by atoms with van der Waals surface area (Å²) in [5, 5.41) is 19.7. The van der Waals surface area contributed by atoms with E-state index < -0.39 is 4.92 Å². The normalized spacial score (nSPS) is 9.95. The lowest BCUT2D eigenvalue weighted by Crippen LogP contribution is -1.95. The number of aryl methyl sites for hydroxylation is 2. The van der Waals surface area contributed by atoms with Crippen molar-refractivity contribution in [1.29, 1.82) is 5.26 Å². The molecule has 2 rings (SSSR count). The molecule has 0 atom stereocenters. The van der Waals surface area contributed by atoms with Gasteiger partial charge in [-0.3, -0.25) is 15.1 Å². The monoisotopic (exact) mass is 267 g/mol. The predicted molar refractivity (Wildman–Crippen MR) is 74.1 cm³/mol. The molecule has 0 saturated carbocycles. The Hall–Kier alpha value is -2.74. The fraction of sp³-hybridized carbons (Fsp3) is 0.200. The van der Waals surface area contributed by atoms with E-state index in [1.807, 2.05) is 24.4 Å². The molecule has 1 heterocycles. The second kappa shape index (κ2) is 6.43. The molecule has 0 radical (unpaired) electrons. The van der Waals surface area contributed by atoms with Crippen molar-refractivity contribution in [3.8, 4) is 6.07 Å². The summed E-state index contributed by atoms with van der Waals surface area (Å²) in [5.74, 6) is 0. The van der Waals surface area contributed by atoms with Gasteiger partial charge in [-0.05, 0) is 42.5 Å². The van der Waals surface area contributed by atoms with Gasteiger partial charge in [-0.25, -0.2) is 0 Å². The number of hydrogen-bond acceptors (Lipinski definition) is 4. The van der Waals surface area contributed by atoms with Gasteiger partial charge in [-0.2, -0.15) is 5.26 Å². The molecule has 0 spiro atoms. The molecule has 1 aromatic carbocycles. The summed E-state index contributed by atoms with van der Waals surface area (Å²) < 4.78 is 0. The van der Waals surface area contributed by atoms with E-state index in [9.17, 15) is 10.1 Å². The van der Waals surface area contributed by atoms with Gasteiger partial charge in [0, 0.05) is 24.5 Å². The van der Waals surface area contributed by atoms with Crippen molar-refractivity contribution in [2.24, 2.45) is 0 Å². The molecule has 0 aliphatic rings. The standard InChI is InChI=1S/C15H13N3O2/c16-10-14-7-13(8-15(9-14)18(19)20)4-1-3-12-5-2-6-17-11-12/h2,5-9,11H,1,3-4H2. The van der Waals surface area contributed by atoms with Crippen molar-refractivity contribution in [3.05, 3.63) is 69.5 Å². The predicted octanol–water partition coefficient (Wildman–Crippen LogP) is 3.04. The Morgan fingerprint density at radius 3 is 2.70 bits per heavy atom. The SMILES string of the molecule is N#Cc1cc(CCCc2cccnc2)cc([N+](=O)[O-])c1. The second-order valence-electron chi connectivity index (χ2n) is 4.47. The average Bonchev–Trinajstić information content (AvgIpc) is 2.48. The van der Waals surface area contributed by atoms with E-state index in [1.165, 1.54) is 12.1 Å². The number of nitro groups is 1. The summed E-state index contributed by atoms with van der Waals surface area (Å²) in [7, 11) is 0. The van der Waals surface area contributed by atoms with Crippen molar-refractivity contribution < 1.29 is 4.92 Å². The van der Waals surface area contributed by atoms with Crippen LogP contribution in [0.2, 0.25) is 0 Å². The molecule has 20 heavy (non-hydrogen) atoms. The molecular weight excluding hydrogens is 254 g/mol. The highest BCUT2D eigenvalue weighted by Crippen LogP contribution is 2.18. The molecule has 1 aromatic heterocycles. The first-order valence-electron chi connectivity index (χ1n) is 6.26. The van der Waals surface area contributed by atoms with Crippen LogP contribution in [0.1, 0.15) is 23.1 Å². The zero-order valence-corrected chi connectivity index (χ0v) is 10.8. The average molecular weight is 267 g/mol. The van der Waals surface area contributed by atoms with E-state index in [0.717, 1.165) is 24.0 Å². The molecule has 0 aliphatic carbocycles. The number of hydrogen-bond donors (Lipinski definition) is 0. The molecule has 5 nitrogen and oxygen atoms in total. The van der Waals surface area contributed by atoms with Crippen LogP contribution in [0.4, 0.5) is 5.69 Å². The van der Waals surface area contributed by atoms with Crippen LogP contribution in [0.15, 0.2) is 42.7 Å². The Balaban J connectivity index is 2.04. The van der Waals surface area contributed by atoms with Crippen LogP contribution in [-0.4, -0.2) is 9.91 Å². The third-order valence-electron chi connectivity index (χ3n) is 2.97. The third kappa shape index (κ3) is 3.62. The van der Waals surface area contributed by atoms with Crippen molar-refractivity contribution in [1.82, 2.24) is 4.98 Å². The molecule has 0 saturated heterocycles. The van der Waals surface area contributed by atoms with Gasteiger partial charge in [0.05, 0.1) is 16.6 Å². The minimum atomic E-state index is -0.467. The van der Waals surface area contributed by atoms with Crippen molar-refractivity contribution in [3.63, 3.8) is 0 Å². The first-order chi connectivity index (χ1) is 9.69. The summed E-state index contributed by atoms with van der Waals surface area (Å²) >= 11 is 0. The third-order valence-corrected chi connectivity index (χ3v) is 2.97. The van der Waals surface area contributed by atoms with Crippen LogP contribution >= 0.6 is 0 Å². The fourth-order valence-corrected chi connectivity index (χ4v) is 2.03. The van der Waals surface area contributed by atoms with Gasteiger partial charge >= 0.3 is 0 Å². The van der Waals surface area contributed by atoms with E-state index in [2.05, 4.69) is 4.98 Å². The lowest BCUT2D eigenvalue weighted by Gasteiger charge is -2.03. The van der Waals surface area contributed by atoms with Gasteiger partial charge in [0.2, 0.25) is 0 Å². The lowest BCUT2D eigenvalue weighted by molar-refractivity contribution is -0.384. The van der Waals surface area contributed by atoms with Gasteiger partial charge in [0.25, 0.3) is 5.69 Å². The largest absolute Gasteiger partial charge is 0.271 e. The Bertz CT molecular complexity index is 648. The summed E-state index contributed by atoms with van der Waals surface area (Å²) in [6, 6.07) is 10.4. The molecule has 0 amide bonds. The molecule has 2 aromatic rings. The van der Waals surface area contributed by atoms with Gasteiger partial charge < -0.3 is 0 Å². The minimum absolute atomic E-state index is 0.0274. The Morgan fingerprint density at radius 2 is 2.05 bits per heavy atom. The smallest absolute Gasteiger partial charge is 0.264 e. The van der Waals surface area contributed by atoms with Crippen molar-refractivity contribution >= 4 is 5.69 Å². The van der Waals surface area contributed by atoms with Crippen LogP contribution < -0.4 is 0 Å². The van der Waals surface area contributed by atoms with Gasteiger partial charge in [0.1, 0.15) is 0 Å². The highest BCUT2D eigenvalue weighted by atomic mass is 16.6. The van der Waals surface area contributed by atoms with Gasteiger partial charge in [-0.1, -0.05) is 6.07 Å². The van der Waals surface area contributed by atoms with E-state index >= 15 is 0 Å². The van der Waals surface area contributed by atoms with Crippen LogP contribution in [0.25, 0.3) is 0 Å². The van der Waals surface area contributed by atoms with Crippen molar-refractivity contribution in [2.45, 2.75) is 19.3 Å². The highest BCUT2D eigenvalue weighted by Gasteiger charge is 2.09. The maximum absolute atomic E-state index is 10.8. The molecule has 0 bridgehead atoms. The molecule has 0 aliphatic heterocycles. The first kappa shape index (κ1) is 13.7. The number of benzene rings is 1. The minimum Gasteiger partial charge on any atom is -0.264 e. The number of nitriles is 1. The summed E-state index contributed by atoms with van der Waals surface area (Å²) in [4.78, 5) is 14.4. The van der Waals surface area contributed by atoms with Crippen LogP contribution in [-0.2, 0) is 12.8 Å². The van der Waals surface area contributed by atoms with E-state index in [-0.39, 0.29) is 5.69 Å². The zero-order valence-electron chi connectivity index (χ0n) is 10.8. The number of nitrogens with zero attached hydrogens (tertiary/aromatic N) is 3. The zero-order chi connectivity index (χ0) is 14.4. The van der Waals surface area contributed by atoms with E-state index in [0.29, 0.717) is 12.0 Å². The maximum Gasteiger partial charge on any atom is 0.271 e. The highest BCUT2D eigenvalue weighted by molar-refractivity contribution is 5.44. The lowest BCUT2D eigenvalue weighted by atomic mass is 10.0. The fourth-order valence-electron chi connectivity index (χ4n) is 2.03. The van der Waals surface area contributed by atoms with Gasteiger partial charge in [-0.15, -0.1) is 0 Å². The number of nitro benzene ring substituents is 1. The number of rotatable bonds is 5. The molecular formula is C15H13N3O2. The topological polar surface area (TPSA) is 79.8 Å². The van der Waals surface area contributed by atoms with Crippen LogP contribution in [0, 0.1) is 21.4 Å². The number of non-ortho nitro benzene ring substituents is 1. The number of pyridine rings is 1. The summed E-state index contributed by atoms with van der Waals surface area (Å²) in [6.07, 6.45) is 5.96. The van der Waals surface area contributed by atoms with Crippen LogP contribution in [0.5, 0.6) is 0 Å². The Labute approximate surface area is 116 Å². The van der Waals surface area contributed by atoms with E-state index in [1.54, 1.807) is 12.3 Å². The first-order valence-corrected chi connectivity index (χ1v) is 6.26.